The van der Waals surface area contributed by atoms with Crippen molar-refractivity contribution in [1.82, 2.24) is 24.0 Å². The Kier molecular flexibility index (Phi) is 2.90. The van der Waals surface area contributed by atoms with Crippen LogP contribution in [0.1, 0.15) is 25.1 Å². The van der Waals surface area contributed by atoms with Gasteiger partial charge in [0.2, 0.25) is 0 Å². The third kappa shape index (κ3) is 2.10. The molecule has 0 saturated carbocycles. The summed E-state index contributed by atoms with van der Waals surface area (Å²) < 4.78 is 25.8. The van der Waals surface area contributed by atoms with Crippen molar-refractivity contribution in [2.24, 2.45) is 0 Å². The van der Waals surface area contributed by atoms with E-state index in [9.17, 15) is 8.42 Å². The van der Waals surface area contributed by atoms with Crippen molar-refractivity contribution in [3.63, 3.8) is 0 Å². The molecule has 100 valence electrons. The first-order valence-electron chi connectivity index (χ1n) is 5.32. The van der Waals surface area contributed by atoms with Crippen LogP contribution in [0.4, 0.5) is 0 Å². The summed E-state index contributed by atoms with van der Waals surface area (Å²) >= 11 is 0. The summed E-state index contributed by atoms with van der Waals surface area (Å²) in [6, 6.07) is 1.95. The third-order valence-electron chi connectivity index (χ3n) is 2.74. The molecule has 0 aliphatic heterocycles. The lowest BCUT2D eigenvalue weighted by atomic mass is 9.98. The molecule has 0 unspecified atom stereocenters. The van der Waals surface area contributed by atoms with Crippen LogP contribution in [0.2, 0.25) is 0 Å². The van der Waals surface area contributed by atoms with Gasteiger partial charge in [0.05, 0.1) is 18.0 Å². The fourth-order valence-corrected chi connectivity index (χ4v) is 2.71. The Bertz CT molecular complexity index is 736. The Morgan fingerprint density at radius 1 is 1.37 bits per heavy atom. The molecule has 0 radical (unpaired) electrons. The molecule has 0 saturated heterocycles. The quantitative estimate of drug-likeness (QED) is 0.779. The second-order valence-electron chi connectivity index (χ2n) is 4.52. The van der Waals surface area contributed by atoms with Gasteiger partial charge in [-0.05, 0) is 13.8 Å². The Labute approximate surface area is 110 Å². The fourth-order valence-electron chi connectivity index (χ4n) is 1.83. The van der Waals surface area contributed by atoms with Crippen molar-refractivity contribution in [2.45, 2.75) is 19.4 Å². The average molecular weight is 280 g/mol. The second kappa shape index (κ2) is 4.17. The molecule has 0 atom stereocenters. The van der Waals surface area contributed by atoms with Crippen LogP contribution < -0.4 is 0 Å². The molecule has 0 aliphatic carbocycles. The summed E-state index contributed by atoms with van der Waals surface area (Å²) in [5.41, 5.74) is -0.435. The maximum atomic E-state index is 11.7. The average Bonchev–Trinajstić information content (AvgIpc) is 2.97. The number of hydrogen-bond donors (Lipinski definition) is 0. The zero-order valence-electron chi connectivity index (χ0n) is 10.6. The normalized spacial score (nSPS) is 12.3. The van der Waals surface area contributed by atoms with Gasteiger partial charge in [-0.1, -0.05) is 0 Å². The molecular formula is C10H12N6O2S. The highest BCUT2D eigenvalue weighted by Gasteiger charge is 2.34. The molecule has 2 aromatic heterocycles. The van der Waals surface area contributed by atoms with E-state index in [1.807, 2.05) is 6.07 Å². The SMILES string of the molecule is CC(C)(c1c(C#N)cnn1S(C)(=O)=O)n1cncn1. The molecule has 0 fully saturated rings. The van der Waals surface area contributed by atoms with Gasteiger partial charge in [-0.2, -0.15) is 19.5 Å². The Morgan fingerprint density at radius 2 is 2.05 bits per heavy atom. The van der Waals surface area contributed by atoms with Crippen LogP contribution in [0.15, 0.2) is 18.9 Å². The van der Waals surface area contributed by atoms with Crippen LogP contribution in [0.3, 0.4) is 0 Å². The highest BCUT2D eigenvalue weighted by molar-refractivity contribution is 7.89. The second-order valence-corrected chi connectivity index (χ2v) is 6.34. The number of aromatic nitrogens is 5. The van der Waals surface area contributed by atoms with E-state index in [2.05, 4.69) is 15.2 Å². The molecule has 0 amide bonds. The minimum absolute atomic E-state index is 0.186. The van der Waals surface area contributed by atoms with Gasteiger partial charge < -0.3 is 0 Å². The van der Waals surface area contributed by atoms with E-state index in [-0.39, 0.29) is 11.3 Å². The van der Waals surface area contributed by atoms with Crippen LogP contribution in [0, 0.1) is 11.3 Å². The third-order valence-corrected chi connectivity index (χ3v) is 3.65. The summed E-state index contributed by atoms with van der Waals surface area (Å²) in [7, 11) is -3.60. The fraction of sp³-hybridized carbons (Fsp3) is 0.400. The Hall–Kier alpha value is -2.21. The highest BCUT2D eigenvalue weighted by atomic mass is 32.2. The van der Waals surface area contributed by atoms with Gasteiger partial charge in [0.15, 0.2) is 0 Å². The largest absolute Gasteiger partial charge is 0.251 e. The van der Waals surface area contributed by atoms with E-state index in [1.54, 1.807) is 13.8 Å². The van der Waals surface area contributed by atoms with Gasteiger partial charge in [0.1, 0.15) is 30.0 Å². The molecule has 2 aromatic rings. The number of nitriles is 1. The monoisotopic (exact) mass is 280 g/mol. The van der Waals surface area contributed by atoms with E-state index < -0.39 is 15.6 Å². The van der Waals surface area contributed by atoms with Crippen LogP contribution in [-0.4, -0.2) is 38.6 Å². The summed E-state index contributed by atoms with van der Waals surface area (Å²) in [4.78, 5) is 3.84. The van der Waals surface area contributed by atoms with Crippen molar-refractivity contribution in [3.8, 4) is 6.07 Å². The molecular weight excluding hydrogens is 268 g/mol. The molecule has 2 rings (SSSR count). The van der Waals surface area contributed by atoms with Gasteiger partial charge in [-0.15, -0.1) is 0 Å². The highest BCUT2D eigenvalue weighted by Crippen LogP contribution is 2.27. The van der Waals surface area contributed by atoms with Crippen molar-refractivity contribution in [1.29, 1.82) is 5.26 Å². The minimum atomic E-state index is -3.60. The molecule has 0 aromatic carbocycles. The van der Waals surface area contributed by atoms with E-state index >= 15 is 0 Å². The van der Waals surface area contributed by atoms with Crippen molar-refractivity contribution < 1.29 is 8.42 Å². The maximum absolute atomic E-state index is 11.7. The number of hydrogen-bond acceptors (Lipinski definition) is 6. The van der Waals surface area contributed by atoms with Gasteiger partial charge in [-0.3, -0.25) is 0 Å². The summed E-state index contributed by atoms with van der Waals surface area (Å²) in [5.74, 6) is 0. The van der Waals surface area contributed by atoms with Crippen LogP contribution in [0.25, 0.3) is 0 Å². The van der Waals surface area contributed by atoms with E-state index in [1.165, 1.54) is 23.5 Å². The first-order chi connectivity index (χ1) is 8.78. The van der Waals surface area contributed by atoms with Gasteiger partial charge in [0.25, 0.3) is 10.0 Å². The lowest BCUT2D eigenvalue weighted by Crippen LogP contribution is -2.34. The van der Waals surface area contributed by atoms with Crippen molar-refractivity contribution >= 4 is 10.0 Å². The molecule has 19 heavy (non-hydrogen) atoms. The molecule has 0 bridgehead atoms. The molecule has 9 heteroatoms. The van der Waals surface area contributed by atoms with Crippen LogP contribution in [-0.2, 0) is 15.6 Å². The number of nitrogens with zero attached hydrogens (tertiary/aromatic N) is 6. The summed E-state index contributed by atoms with van der Waals surface area (Å²) in [5, 5.41) is 16.9. The van der Waals surface area contributed by atoms with E-state index in [0.29, 0.717) is 0 Å². The lowest BCUT2D eigenvalue weighted by Gasteiger charge is -2.25. The molecule has 8 nitrogen and oxygen atoms in total. The summed E-state index contributed by atoms with van der Waals surface area (Å²) in [6.07, 6.45) is 5.06. The zero-order chi connectivity index (χ0) is 14.3. The van der Waals surface area contributed by atoms with E-state index in [4.69, 9.17) is 5.26 Å². The predicted octanol–water partition coefficient (Wildman–Crippen LogP) is -0.0626. The zero-order valence-corrected chi connectivity index (χ0v) is 11.5. The lowest BCUT2D eigenvalue weighted by molar-refractivity contribution is 0.371. The molecule has 2 heterocycles. The topological polar surface area (TPSA) is 106 Å². The Balaban J connectivity index is 2.75. The first kappa shape index (κ1) is 13.2. The predicted molar refractivity (Wildman–Crippen MR) is 65.6 cm³/mol. The van der Waals surface area contributed by atoms with Crippen LogP contribution in [0.5, 0.6) is 0 Å². The smallest absolute Gasteiger partial charge is 0.241 e. The molecule has 0 spiro atoms. The molecule has 0 aliphatic rings. The first-order valence-corrected chi connectivity index (χ1v) is 7.17. The summed E-state index contributed by atoms with van der Waals surface area (Å²) in [6.45, 7) is 3.47. The minimum Gasteiger partial charge on any atom is -0.241 e. The van der Waals surface area contributed by atoms with Gasteiger partial charge >= 0.3 is 0 Å². The van der Waals surface area contributed by atoms with Crippen molar-refractivity contribution in [3.05, 3.63) is 30.1 Å². The maximum Gasteiger partial charge on any atom is 0.251 e. The van der Waals surface area contributed by atoms with Crippen LogP contribution >= 0.6 is 0 Å². The molecule has 0 N–H and O–H groups in total. The standard InChI is InChI=1S/C10H12N6O2S/c1-10(2,15-7-12-6-14-15)9-8(4-11)5-13-16(9)19(3,17)18/h5-7H,1-3H3. The Morgan fingerprint density at radius 3 is 2.53 bits per heavy atom. The van der Waals surface area contributed by atoms with Crippen molar-refractivity contribution in [2.75, 3.05) is 6.26 Å². The van der Waals surface area contributed by atoms with Gasteiger partial charge in [0, 0.05) is 0 Å². The van der Waals surface area contributed by atoms with Gasteiger partial charge in [-0.25, -0.2) is 18.1 Å². The van der Waals surface area contributed by atoms with E-state index in [0.717, 1.165) is 10.3 Å². The number of rotatable bonds is 3.